The van der Waals surface area contributed by atoms with Crippen molar-refractivity contribution < 1.29 is 9.66 Å². The molecule has 98 valence electrons. The summed E-state index contributed by atoms with van der Waals surface area (Å²) in [4.78, 5) is 14.2. The number of aromatic nitrogens is 1. The monoisotopic (exact) mass is 322 g/mol. The molecule has 0 fully saturated rings. The van der Waals surface area contributed by atoms with E-state index in [4.69, 9.17) is 4.74 Å². The Bertz CT molecular complexity index is 644. The van der Waals surface area contributed by atoms with Crippen LogP contribution in [0.1, 0.15) is 11.1 Å². The summed E-state index contributed by atoms with van der Waals surface area (Å²) in [6.07, 6.45) is 1.21. The Labute approximate surface area is 118 Å². The van der Waals surface area contributed by atoms with E-state index in [9.17, 15) is 10.1 Å². The van der Waals surface area contributed by atoms with Crippen LogP contribution in [0, 0.1) is 24.0 Å². The van der Waals surface area contributed by atoms with Crippen LogP contribution in [-0.4, -0.2) is 9.91 Å². The maximum atomic E-state index is 10.7. The largest absolute Gasteiger partial charge is 0.439 e. The van der Waals surface area contributed by atoms with Gasteiger partial charge in [0.2, 0.25) is 5.88 Å². The molecule has 2 aromatic rings. The van der Waals surface area contributed by atoms with Crippen molar-refractivity contribution in [1.82, 2.24) is 4.98 Å². The van der Waals surface area contributed by atoms with E-state index < -0.39 is 4.92 Å². The third-order valence-electron chi connectivity index (χ3n) is 2.62. The van der Waals surface area contributed by atoms with Gasteiger partial charge in [0, 0.05) is 16.1 Å². The first kappa shape index (κ1) is 13.5. The zero-order valence-electron chi connectivity index (χ0n) is 10.4. The van der Waals surface area contributed by atoms with E-state index in [1.54, 1.807) is 13.0 Å². The molecule has 1 aromatic carbocycles. The van der Waals surface area contributed by atoms with Crippen molar-refractivity contribution in [2.24, 2.45) is 0 Å². The smallest absolute Gasteiger partial charge is 0.290 e. The van der Waals surface area contributed by atoms with Gasteiger partial charge >= 0.3 is 0 Å². The van der Waals surface area contributed by atoms with Gasteiger partial charge in [-0.15, -0.1) is 0 Å². The molecule has 2 rings (SSSR count). The third-order valence-corrected chi connectivity index (χ3v) is 3.11. The predicted molar refractivity (Wildman–Crippen MR) is 74.6 cm³/mol. The summed E-state index contributed by atoms with van der Waals surface area (Å²) in [5, 5.41) is 10.7. The number of benzene rings is 1. The van der Waals surface area contributed by atoms with E-state index in [1.807, 2.05) is 25.1 Å². The molecule has 0 N–H and O–H groups in total. The molecule has 0 atom stereocenters. The van der Waals surface area contributed by atoms with Gasteiger partial charge in [-0.2, -0.15) is 0 Å². The van der Waals surface area contributed by atoms with Crippen LogP contribution in [0.2, 0.25) is 0 Å². The van der Waals surface area contributed by atoms with Crippen molar-refractivity contribution in [1.29, 1.82) is 0 Å². The first-order valence-corrected chi connectivity index (χ1v) is 6.31. The van der Waals surface area contributed by atoms with E-state index in [-0.39, 0.29) is 5.69 Å². The minimum Gasteiger partial charge on any atom is -0.439 e. The van der Waals surface area contributed by atoms with E-state index in [2.05, 4.69) is 20.9 Å². The van der Waals surface area contributed by atoms with Crippen molar-refractivity contribution in [3.63, 3.8) is 0 Å². The van der Waals surface area contributed by atoms with Crippen molar-refractivity contribution in [2.75, 3.05) is 0 Å². The summed E-state index contributed by atoms with van der Waals surface area (Å²) in [6, 6.07) is 7.21. The lowest BCUT2D eigenvalue weighted by Gasteiger charge is -2.08. The number of hydrogen-bond acceptors (Lipinski definition) is 4. The molecule has 0 saturated heterocycles. The molecule has 0 spiro atoms. The van der Waals surface area contributed by atoms with Gasteiger partial charge in [0.25, 0.3) is 5.69 Å². The van der Waals surface area contributed by atoms with Crippen molar-refractivity contribution in [2.45, 2.75) is 13.8 Å². The van der Waals surface area contributed by atoms with Gasteiger partial charge in [0.05, 0.1) is 4.92 Å². The summed E-state index contributed by atoms with van der Waals surface area (Å²) in [5.74, 6) is 0.999. The normalized spacial score (nSPS) is 10.3. The number of halogens is 1. The molecule has 0 aliphatic rings. The highest BCUT2D eigenvalue weighted by Gasteiger charge is 2.13. The number of ether oxygens (including phenoxy) is 1. The molecular formula is C13H11BrN2O3. The number of hydrogen-bond donors (Lipinski definition) is 0. The Kier molecular flexibility index (Phi) is 3.80. The number of rotatable bonds is 3. The van der Waals surface area contributed by atoms with Crippen molar-refractivity contribution >= 4 is 21.6 Å². The van der Waals surface area contributed by atoms with Crippen LogP contribution in [0.4, 0.5) is 5.69 Å². The molecule has 0 saturated carbocycles. The maximum Gasteiger partial charge on any atom is 0.290 e. The summed E-state index contributed by atoms with van der Waals surface area (Å²) in [7, 11) is 0. The Hall–Kier alpha value is -1.95. The molecule has 0 aliphatic carbocycles. The SMILES string of the molecule is Cc1ccc(Br)cc1Oc1cc(C)c([N+](=O)[O-])cn1. The van der Waals surface area contributed by atoms with Gasteiger partial charge in [-0.05, 0) is 31.5 Å². The quantitative estimate of drug-likeness (QED) is 0.628. The summed E-state index contributed by atoms with van der Waals surface area (Å²) >= 11 is 3.37. The fraction of sp³-hybridized carbons (Fsp3) is 0.154. The molecular weight excluding hydrogens is 312 g/mol. The Morgan fingerprint density at radius 2 is 2.00 bits per heavy atom. The second-order valence-corrected chi connectivity index (χ2v) is 4.99. The molecule has 0 unspecified atom stereocenters. The summed E-state index contributed by atoms with van der Waals surface area (Å²) < 4.78 is 6.54. The number of aryl methyl sites for hydroxylation is 2. The maximum absolute atomic E-state index is 10.7. The van der Waals surface area contributed by atoms with Gasteiger partial charge in [-0.3, -0.25) is 10.1 Å². The summed E-state index contributed by atoms with van der Waals surface area (Å²) in [6.45, 7) is 3.57. The van der Waals surface area contributed by atoms with Crippen LogP contribution < -0.4 is 4.74 Å². The zero-order valence-corrected chi connectivity index (χ0v) is 12.0. The first-order valence-electron chi connectivity index (χ1n) is 5.52. The Morgan fingerprint density at radius 3 is 2.63 bits per heavy atom. The lowest BCUT2D eigenvalue weighted by Crippen LogP contribution is -1.95. The second-order valence-electron chi connectivity index (χ2n) is 4.08. The van der Waals surface area contributed by atoms with E-state index >= 15 is 0 Å². The average Bonchev–Trinajstić information content (AvgIpc) is 2.33. The van der Waals surface area contributed by atoms with Gasteiger partial charge in [0.1, 0.15) is 11.9 Å². The Morgan fingerprint density at radius 1 is 1.26 bits per heavy atom. The van der Waals surface area contributed by atoms with Crippen LogP contribution >= 0.6 is 15.9 Å². The van der Waals surface area contributed by atoms with Gasteiger partial charge in [0.15, 0.2) is 0 Å². The molecule has 19 heavy (non-hydrogen) atoms. The lowest BCUT2D eigenvalue weighted by atomic mass is 10.2. The lowest BCUT2D eigenvalue weighted by molar-refractivity contribution is -0.385. The Balaban J connectivity index is 2.31. The average molecular weight is 323 g/mol. The van der Waals surface area contributed by atoms with E-state index in [0.717, 1.165) is 10.0 Å². The molecule has 1 aromatic heterocycles. The molecule has 1 heterocycles. The molecule has 5 nitrogen and oxygen atoms in total. The van der Waals surface area contributed by atoms with Gasteiger partial charge in [-0.1, -0.05) is 22.0 Å². The molecule has 0 bridgehead atoms. The number of pyridine rings is 1. The minimum atomic E-state index is -0.462. The zero-order chi connectivity index (χ0) is 14.0. The summed E-state index contributed by atoms with van der Waals surface area (Å²) in [5.41, 5.74) is 1.46. The van der Waals surface area contributed by atoms with Crippen LogP contribution in [0.15, 0.2) is 34.9 Å². The highest BCUT2D eigenvalue weighted by molar-refractivity contribution is 9.10. The van der Waals surface area contributed by atoms with Crippen LogP contribution in [0.3, 0.4) is 0 Å². The molecule has 6 heteroatoms. The molecule has 0 aliphatic heterocycles. The van der Waals surface area contributed by atoms with E-state index in [0.29, 0.717) is 17.2 Å². The van der Waals surface area contributed by atoms with Gasteiger partial charge < -0.3 is 4.74 Å². The fourth-order valence-electron chi connectivity index (χ4n) is 1.57. The minimum absolute atomic E-state index is 0.0154. The highest BCUT2D eigenvalue weighted by Crippen LogP contribution is 2.29. The highest BCUT2D eigenvalue weighted by atomic mass is 79.9. The predicted octanol–water partition coefficient (Wildman–Crippen LogP) is 4.16. The van der Waals surface area contributed by atoms with Gasteiger partial charge in [-0.25, -0.2) is 4.98 Å². The van der Waals surface area contributed by atoms with Crippen molar-refractivity contribution in [3.8, 4) is 11.6 Å². The number of nitrogens with zero attached hydrogens (tertiary/aromatic N) is 2. The molecule has 0 amide bonds. The first-order chi connectivity index (χ1) is 8.97. The fourth-order valence-corrected chi connectivity index (χ4v) is 1.91. The van der Waals surface area contributed by atoms with Crippen molar-refractivity contribution in [3.05, 3.63) is 56.2 Å². The standard InChI is InChI=1S/C13H11BrN2O3/c1-8-3-4-10(14)6-12(8)19-13-5-9(2)11(7-15-13)16(17)18/h3-7H,1-2H3. The molecule has 0 radical (unpaired) electrons. The third kappa shape index (κ3) is 3.08. The topological polar surface area (TPSA) is 65.3 Å². The second kappa shape index (κ2) is 5.36. The van der Waals surface area contributed by atoms with Crippen LogP contribution in [0.25, 0.3) is 0 Å². The number of nitro groups is 1. The van der Waals surface area contributed by atoms with E-state index in [1.165, 1.54) is 6.20 Å². The van der Waals surface area contributed by atoms with Crippen LogP contribution in [0.5, 0.6) is 11.6 Å². The van der Waals surface area contributed by atoms with Crippen LogP contribution in [-0.2, 0) is 0 Å².